The van der Waals surface area contributed by atoms with Crippen LogP contribution < -0.4 is 5.32 Å². The molecule has 190 valence electrons. The highest BCUT2D eigenvalue weighted by molar-refractivity contribution is 6.52. The zero-order valence-corrected chi connectivity index (χ0v) is 22.9. The predicted octanol–water partition coefficient (Wildman–Crippen LogP) is -3.40. The largest absolute Gasteiger partial charge is 0.393 e. The Labute approximate surface area is 229 Å². The minimum atomic E-state index is -3.79. The first-order valence-corrected chi connectivity index (χ1v) is 12.5. The van der Waals surface area contributed by atoms with Gasteiger partial charge in [0.05, 0.1) is 5.44 Å². The maximum atomic E-state index is 15.1. The third kappa shape index (κ3) is 4.19. The van der Waals surface area contributed by atoms with Crippen LogP contribution in [0.2, 0.25) is 10.2 Å². The van der Waals surface area contributed by atoms with Crippen molar-refractivity contribution in [2.24, 2.45) is 0 Å². The summed E-state index contributed by atoms with van der Waals surface area (Å²) in [5.74, 6) is -6.47. The van der Waals surface area contributed by atoms with Crippen LogP contribution in [0.3, 0.4) is 0 Å². The smallest absolute Gasteiger partial charge is 0.348 e. The average molecular weight is 533 g/mol. The Kier molecular flexibility index (Phi) is 6.70. The fourth-order valence-electron chi connectivity index (χ4n) is 5.16. The molecule has 2 aliphatic heterocycles. The van der Waals surface area contributed by atoms with Gasteiger partial charge in [-0.1, -0.05) is 41.1 Å². The Morgan fingerprint density at radius 2 is 1.61 bits per heavy atom. The van der Waals surface area contributed by atoms with Gasteiger partial charge in [0, 0.05) is 29.1 Å². The third-order valence-electron chi connectivity index (χ3n) is 8.39. The monoisotopic (exact) mass is 533 g/mol. The van der Waals surface area contributed by atoms with E-state index < -0.39 is 45.2 Å². The van der Waals surface area contributed by atoms with Gasteiger partial charge in [-0.2, -0.15) is 8.78 Å². The van der Waals surface area contributed by atoms with Crippen LogP contribution in [0.5, 0.6) is 0 Å². The molecule has 0 aliphatic carbocycles. The standard InChI is InChI=1S/C22H24B6ClF2N3O4/c23-19(24)8-15(35)32-17(37)21(19,25)33-9-10-7-12(3-6-14(10)16(33)36)22(26,27)34(28)18(38)20(30,31)11-1-4-13(29)5-2-11/h1-7H,8-9,23-28H2,(H,32,35,37)/t21-/m1/s1. The summed E-state index contributed by atoms with van der Waals surface area (Å²) in [5.41, 5.74) is -0.231. The van der Waals surface area contributed by atoms with E-state index in [1.807, 2.05) is 0 Å². The summed E-state index contributed by atoms with van der Waals surface area (Å²) in [4.78, 5) is 53.9. The van der Waals surface area contributed by atoms with E-state index in [1.165, 1.54) is 25.0 Å². The molecule has 1 N–H and O–H groups in total. The molecule has 7 nitrogen and oxygen atoms in total. The number of hydrogen-bond donors (Lipinski definition) is 1. The number of alkyl halides is 2. The van der Waals surface area contributed by atoms with Gasteiger partial charge in [0.15, 0.2) is 0 Å². The second-order valence-electron chi connectivity index (χ2n) is 11.3. The number of halogens is 3. The van der Waals surface area contributed by atoms with E-state index >= 15 is 8.78 Å². The van der Waals surface area contributed by atoms with Crippen molar-refractivity contribution in [1.29, 1.82) is 0 Å². The molecule has 0 aromatic heterocycles. The van der Waals surface area contributed by atoms with Gasteiger partial charge in [0.2, 0.25) is 19.8 Å². The SMILES string of the molecule is BN(C(=O)C(F)(F)c1ccc(Cl)cc1)C(B)(B)c1ccc2c(c1)CN([C@]1(B)C(=O)NC(=O)CC1(B)B)C2=O. The van der Waals surface area contributed by atoms with Crippen molar-refractivity contribution in [3.05, 3.63) is 69.7 Å². The van der Waals surface area contributed by atoms with Crippen molar-refractivity contribution < 1.29 is 28.0 Å². The molecule has 4 rings (SSSR count). The van der Waals surface area contributed by atoms with Gasteiger partial charge in [0.1, 0.15) is 39.2 Å². The molecule has 2 heterocycles. The quantitative estimate of drug-likeness (QED) is 0.321. The lowest BCUT2D eigenvalue weighted by molar-refractivity contribution is -0.155. The van der Waals surface area contributed by atoms with Gasteiger partial charge >= 0.3 is 5.92 Å². The maximum Gasteiger partial charge on any atom is 0.348 e. The topological polar surface area (TPSA) is 86.8 Å². The van der Waals surface area contributed by atoms with Crippen molar-refractivity contribution in [2.45, 2.75) is 34.9 Å². The number of amides is 4. The van der Waals surface area contributed by atoms with E-state index in [9.17, 15) is 19.2 Å². The lowest BCUT2D eigenvalue weighted by Gasteiger charge is -2.51. The lowest BCUT2D eigenvalue weighted by Crippen LogP contribution is -2.70. The van der Waals surface area contributed by atoms with Crippen LogP contribution in [-0.2, 0) is 32.2 Å². The summed E-state index contributed by atoms with van der Waals surface area (Å²) in [7, 11) is 9.79. The summed E-state index contributed by atoms with van der Waals surface area (Å²) >= 11 is 5.81. The van der Waals surface area contributed by atoms with Crippen LogP contribution in [-0.4, -0.2) is 86.0 Å². The normalized spacial score (nSPS) is 21.1. The van der Waals surface area contributed by atoms with Crippen LogP contribution in [0, 0.1) is 0 Å². The molecule has 38 heavy (non-hydrogen) atoms. The molecular weight excluding hydrogens is 509 g/mol. The van der Waals surface area contributed by atoms with Crippen molar-refractivity contribution in [3.8, 4) is 0 Å². The number of imide groups is 1. The van der Waals surface area contributed by atoms with E-state index in [4.69, 9.17) is 11.6 Å². The van der Waals surface area contributed by atoms with Crippen molar-refractivity contribution in [3.63, 3.8) is 0 Å². The van der Waals surface area contributed by atoms with E-state index in [1.54, 1.807) is 57.4 Å². The Hall–Kier alpha value is -2.94. The van der Waals surface area contributed by atoms with Gasteiger partial charge < -0.3 is 9.71 Å². The molecular formula is C22H24B6ClF2N3O4. The maximum absolute atomic E-state index is 15.1. The van der Waals surface area contributed by atoms with Crippen LogP contribution >= 0.6 is 11.6 Å². The fraction of sp³-hybridized carbons (Fsp3) is 0.273. The highest BCUT2D eigenvalue weighted by Gasteiger charge is 2.57. The Balaban J connectivity index is 1.64. The molecule has 0 spiro atoms. The number of rotatable bonds is 5. The molecule has 1 atom stereocenters. The molecule has 4 amide bonds. The highest BCUT2D eigenvalue weighted by Crippen LogP contribution is 2.45. The number of fused-ring (bicyclic) bond motifs is 1. The summed E-state index contributed by atoms with van der Waals surface area (Å²) < 4.78 is 30.3. The van der Waals surface area contributed by atoms with Gasteiger partial charge in [-0.25, -0.2) is 0 Å². The molecule has 0 bridgehead atoms. The van der Waals surface area contributed by atoms with Gasteiger partial charge in [-0.15, -0.1) is 0 Å². The van der Waals surface area contributed by atoms with Crippen molar-refractivity contribution >= 4 is 82.4 Å². The molecule has 2 aliphatic rings. The molecule has 1 fully saturated rings. The summed E-state index contributed by atoms with van der Waals surface area (Å²) in [6.07, 6.45) is 0.0718. The number of benzene rings is 2. The van der Waals surface area contributed by atoms with Crippen LogP contribution in [0.1, 0.15) is 33.5 Å². The summed E-state index contributed by atoms with van der Waals surface area (Å²) in [6, 6.07) is 9.77. The Morgan fingerprint density at radius 3 is 2.18 bits per heavy atom. The van der Waals surface area contributed by atoms with Crippen LogP contribution in [0.25, 0.3) is 0 Å². The first-order chi connectivity index (χ1) is 17.4. The van der Waals surface area contributed by atoms with Gasteiger partial charge in [-0.05, 0) is 34.7 Å². The van der Waals surface area contributed by atoms with Crippen molar-refractivity contribution in [2.75, 3.05) is 0 Å². The minimum Gasteiger partial charge on any atom is -0.393 e. The van der Waals surface area contributed by atoms with E-state index in [-0.39, 0.29) is 23.9 Å². The molecule has 1 saturated heterocycles. The third-order valence-corrected chi connectivity index (χ3v) is 8.64. The second kappa shape index (κ2) is 9.07. The predicted molar refractivity (Wildman–Crippen MR) is 155 cm³/mol. The number of nitrogens with zero attached hydrogens (tertiary/aromatic N) is 2. The molecule has 2 aromatic rings. The van der Waals surface area contributed by atoms with Crippen LogP contribution in [0.4, 0.5) is 8.78 Å². The zero-order chi connectivity index (χ0) is 28.4. The van der Waals surface area contributed by atoms with E-state index in [0.29, 0.717) is 16.7 Å². The summed E-state index contributed by atoms with van der Waals surface area (Å²) in [5, 5.41) is 0.631. The summed E-state index contributed by atoms with van der Waals surface area (Å²) in [6.45, 7) is 0.0955. The Morgan fingerprint density at radius 1 is 1.03 bits per heavy atom. The zero-order valence-electron chi connectivity index (χ0n) is 22.1. The number of nitrogens with one attached hydrogen (secondary N) is 1. The molecule has 0 radical (unpaired) electrons. The van der Waals surface area contributed by atoms with Gasteiger partial charge in [-0.3, -0.25) is 24.5 Å². The number of carbonyl (C=O) groups excluding carboxylic acids is 4. The Bertz CT molecular complexity index is 1380. The number of carbonyl (C=O) groups is 4. The van der Waals surface area contributed by atoms with E-state index in [0.717, 1.165) is 16.9 Å². The van der Waals surface area contributed by atoms with Crippen molar-refractivity contribution in [1.82, 2.24) is 15.0 Å². The highest BCUT2D eigenvalue weighted by atomic mass is 35.5. The first-order valence-electron chi connectivity index (χ1n) is 12.2. The first kappa shape index (κ1) is 28.1. The number of hydrogen-bond acceptors (Lipinski definition) is 4. The van der Waals surface area contributed by atoms with E-state index in [2.05, 4.69) is 5.32 Å². The molecule has 0 unspecified atom stereocenters. The fourth-order valence-corrected chi connectivity index (χ4v) is 5.29. The molecule has 16 heteroatoms. The second-order valence-corrected chi connectivity index (χ2v) is 11.7. The molecule has 0 saturated carbocycles. The van der Waals surface area contributed by atoms with Crippen LogP contribution in [0.15, 0.2) is 42.5 Å². The van der Waals surface area contributed by atoms with Gasteiger partial charge in [0.25, 0.3) is 11.8 Å². The minimum absolute atomic E-state index is 0.0718. The molecule has 2 aromatic carbocycles. The number of piperidine rings is 1. The average Bonchev–Trinajstić information content (AvgIpc) is 3.17. The lowest BCUT2D eigenvalue weighted by atomic mass is 9.36.